The second kappa shape index (κ2) is 12.9. The van der Waals surface area contributed by atoms with Gasteiger partial charge in [0.2, 0.25) is 6.71 Å². The van der Waals surface area contributed by atoms with Crippen LogP contribution in [0.3, 0.4) is 0 Å². The maximum Gasteiger partial charge on any atom is 0.241 e. The highest BCUT2D eigenvalue weighted by Crippen LogP contribution is 2.51. The Kier molecular flexibility index (Phi) is 8.46. The monoisotopic (exact) mass is 679 g/mol. The number of para-hydroxylation sites is 2. The molecule has 254 valence electrons. The summed E-state index contributed by atoms with van der Waals surface area (Å²) in [5, 5.41) is 4.57. The molecule has 1 nitrogen and oxygen atoms in total. The molecule has 51 heavy (non-hydrogen) atoms. The minimum atomic E-state index is -1.86. The lowest BCUT2D eigenvalue weighted by Gasteiger charge is -2.42. The summed E-state index contributed by atoms with van der Waals surface area (Å²) in [6.45, 7) is 19.2. The number of anilines is 3. The highest BCUT2D eigenvalue weighted by Gasteiger charge is 2.41. The second-order valence-electron chi connectivity index (χ2n) is 16.3. The van der Waals surface area contributed by atoms with Crippen LogP contribution >= 0.6 is 0 Å². The number of fused-ring (bicyclic) bond motifs is 4. The first kappa shape index (κ1) is 33.5. The van der Waals surface area contributed by atoms with Gasteiger partial charge in [0, 0.05) is 11.1 Å². The summed E-state index contributed by atoms with van der Waals surface area (Å²) >= 11 is 0. The Labute approximate surface area is 308 Å². The molecule has 1 unspecified atom stereocenters. The zero-order valence-electron chi connectivity index (χ0n) is 31.5. The van der Waals surface area contributed by atoms with E-state index in [9.17, 15) is 0 Å². The number of hydrogen-bond donors (Lipinski definition) is 0. The van der Waals surface area contributed by atoms with Gasteiger partial charge in [0.25, 0.3) is 0 Å². The van der Waals surface area contributed by atoms with Crippen molar-refractivity contribution in [2.24, 2.45) is 0 Å². The fourth-order valence-corrected chi connectivity index (χ4v) is 12.7. The molecule has 2 aliphatic rings. The van der Waals surface area contributed by atoms with Crippen LogP contribution in [0.4, 0.5) is 17.1 Å². The second-order valence-corrected chi connectivity index (χ2v) is 19.1. The van der Waals surface area contributed by atoms with Crippen LogP contribution in [0.15, 0.2) is 133 Å². The van der Waals surface area contributed by atoms with Gasteiger partial charge in [-0.2, -0.15) is 0 Å². The SMILES string of the molecule is CC(C)c1cc(C(C)C)c(B2c3ccccc3[SiH](c3ccccc3)c3cc(N4c5ccccc5C(C)(C)c5ccccc54)ccc32)c(C(C)C)c1. The Bertz CT molecular complexity index is 2170. The van der Waals surface area contributed by atoms with E-state index in [4.69, 9.17) is 0 Å². The van der Waals surface area contributed by atoms with Gasteiger partial charge in [-0.25, -0.2) is 0 Å². The fraction of sp³-hybridized carbons (Fsp3) is 0.250. The number of hydrogen-bond acceptors (Lipinski definition) is 1. The van der Waals surface area contributed by atoms with Gasteiger partial charge in [-0.15, -0.1) is 0 Å². The number of benzene rings is 6. The van der Waals surface area contributed by atoms with Crippen LogP contribution in [-0.2, 0) is 5.41 Å². The van der Waals surface area contributed by atoms with E-state index < -0.39 is 8.80 Å². The summed E-state index contributed by atoms with van der Waals surface area (Å²) in [7, 11) is -1.86. The largest absolute Gasteiger partial charge is 0.310 e. The van der Waals surface area contributed by atoms with Crippen molar-refractivity contribution in [2.75, 3.05) is 4.90 Å². The van der Waals surface area contributed by atoms with E-state index in [1.165, 1.54) is 66.5 Å². The van der Waals surface area contributed by atoms with Gasteiger partial charge in [0.1, 0.15) is 8.80 Å². The Morgan fingerprint density at radius 2 is 1.06 bits per heavy atom. The molecule has 0 bridgehead atoms. The molecule has 0 radical (unpaired) electrons. The van der Waals surface area contributed by atoms with Crippen molar-refractivity contribution in [1.82, 2.24) is 0 Å². The maximum absolute atomic E-state index is 2.60. The highest BCUT2D eigenvalue weighted by atomic mass is 28.3. The fourth-order valence-electron chi connectivity index (χ4n) is 9.19. The van der Waals surface area contributed by atoms with Crippen molar-refractivity contribution < 1.29 is 0 Å². The lowest BCUT2D eigenvalue weighted by molar-refractivity contribution is 0.632. The summed E-state index contributed by atoms with van der Waals surface area (Å²) in [5.41, 5.74) is 15.4. The van der Waals surface area contributed by atoms with Crippen LogP contribution < -0.4 is 36.8 Å². The van der Waals surface area contributed by atoms with E-state index in [-0.39, 0.29) is 12.1 Å². The van der Waals surface area contributed by atoms with Gasteiger partial charge >= 0.3 is 0 Å². The minimum Gasteiger partial charge on any atom is -0.310 e. The first-order valence-electron chi connectivity index (χ1n) is 19.0. The quantitative estimate of drug-likeness (QED) is 0.160. The normalized spacial score (nSPS) is 15.9. The zero-order valence-corrected chi connectivity index (χ0v) is 32.7. The summed E-state index contributed by atoms with van der Waals surface area (Å²) in [6, 6.07) is 51.6. The molecule has 8 rings (SSSR count). The van der Waals surface area contributed by atoms with E-state index >= 15 is 0 Å². The van der Waals surface area contributed by atoms with Crippen LogP contribution in [0.5, 0.6) is 0 Å². The molecule has 0 N–H and O–H groups in total. The van der Waals surface area contributed by atoms with Gasteiger partial charge in [-0.1, -0.05) is 197 Å². The average Bonchev–Trinajstić information content (AvgIpc) is 3.13. The molecule has 0 saturated carbocycles. The molecule has 0 saturated heterocycles. The van der Waals surface area contributed by atoms with E-state index in [1.54, 1.807) is 10.4 Å². The van der Waals surface area contributed by atoms with Crippen molar-refractivity contribution in [2.45, 2.75) is 78.6 Å². The summed E-state index contributed by atoms with van der Waals surface area (Å²) in [5.74, 6) is 1.32. The first-order chi connectivity index (χ1) is 24.6. The smallest absolute Gasteiger partial charge is 0.241 e. The van der Waals surface area contributed by atoms with Crippen molar-refractivity contribution in [3.05, 3.63) is 161 Å². The topological polar surface area (TPSA) is 3.24 Å². The predicted octanol–water partition coefficient (Wildman–Crippen LogP) is 8.24. The average molecular weight is 680 g/mol. The summed E-state index contributed by atoms with van der Waals surface area (Å²) in [6.07, 6.45) is 0. The molecule has 6 aromatic carbocycles. The standard InChI is InChI=1S/C48H50BNSi/c1-31(2)34-28-37(32(3)4)47(38(29-34)33(5)6)49-41-22-14-17-25-45(41)51(36-18-10-9-11-19-36)46-30-35(26-27-42(46)49)50-43-23-15-12-20-39(43)48(7,8)40-21-13-16-24-44(40)50/h9-33,51H,1-8H3. The highest BCUT2D eigenvalue weighted by molar-refractivity contribution is 7.11. The molecular formula is C48H50BNSi. The number of rotatable bonds is 6. The summed E-state index contributed by atoms with van der Waals surface area (Å²) in [4.78, 5) is 2.54. The van der Waals surface area contributed by atoms with E-state index in [1.807, 2.05) is 0 Å². The molecule has 0 spiro atoms. The van der Waals surface area contributed by atoms with Crippen LogP contribution in [0.25, 0.3) is 0 Å². The van der Waals surface area contributed by atoms with Crippen LogP contribution in [0, 0.1) is 0 Å². The molecule has 0 aliphatic carbocycles. The molecule has 6 aromatic rings. The van der Waals surface area contributed by atoms with Crippen LogP contribution in [0.2, 0.25) is 0 Å². The zero-order chi connectivity index (χ0) is 35.6. The number of nitrogens with zero attached hydrogens (tertiary/aromatic N) is 1. The molecule has 0 amide bonds. The molecule has 2 aliphatic heterocycles. The van der Waals surface area contributed by atoms with Crippen molar-refractivity contribution in [1.29, 1.82) is 0 Å². The van der Waals surface area contributed by atoms with Crippen molar-refractivity contribution >= 4 is 64.5 Å². The Hall–Kier alpha value is -4.60. The lowest BCUT2D eigenvalue weighted by atomic mass is 9.34. The first-order valence-corrected chi connectivity index (χ1v) is 20.8. The van der Waals surface area contributed by atoms with Gasteiger partial charge in [0.05, 0.1) is 11.4 Å². The third-order valence-corrected chi connectivity index (χ3v) is 15.1. The van der Waals surface area contributed by atoms with Gasteiger partial charge in [0.15, 0.2) is 0 Å². The van der Waals surface area contributed by atoms with Crippen LogP contribution in [-0.4, -0.2) is 15.5 Å². The van der Waals surface area contributed by atoms with E-state index in [0.29, 0.717) is 17.8 Å². The van der Waals surface area contributed by atoms with E-state index in [0.717, 1.165) is 0 Å². The third-order valence-electron chi connectivity index (χ3n) is 11.8. The van der Waals surface area contributed by atoms with Crippen molar-refractivity contribution in [3.63, 3.8) is 0 Å². The maximum atomic E-state index is 2.60. The molecule has 0 fully saturated rings. The third kappa shape index (κ3) is 5.44. The van der Waals surface area contributed by atoms with E-state index in [2.05, 4.69) is 194 Å². The Morgan fingerprint density at radius 1 is 0.529 bits per heavy atom. The molecule has 0 aromatic heterocycles. The molecule has 2 heterocycles. The molecule has 1 atom stereocenters. The van der Waals surface area contributed by atoms with Gasteiger partial charge < -0.3 is 4.90 Å². The lowest BCUT2D eigenvalue weighted by Crippen LogP contribution is -2.75. The van der Waals surface area contributed by atoms with Crippen molar-refractivity contribution in [3.8, 4) is 0 Å². The summed E-state index contributed by atoms with van der Waals surface area (Å²) < 4.78 is 0. The van der Waals surface area contributed by atoms with Gasteiger partial charge in [-0.05, 0) is 69.8 Å². The Morgan fingerprint density at radius 3 is 1.65 bits per heavy atom. The minimum absolute atomic E-state index is 0.0914. The predicted molar refractivity (Wildman–Crippen MR) is 226 cm³/mol. The van der Waals surface area contributed by atoms with Crippen LogP contribution in [0.1, 0.15) is 101 Å². The molecular weight excluding hydrogens is 629 g/mol. The Balaban J connectivity index is 1.44. The van der Waals surface area contributed by atoms with Gasteiger partial charge in [-0.3, -0.25) is 0 Å². The molecule has 3 heteroatoms.